The number of carbonyl (C=O) groups excluding carboxylic acids is 2. The van der Waals surface area contributed by atoms with Gasteiger partial charge in [0.1, 0.15) is 0 Å². The fourth-order valence-corrected chi connectivity index (χ4v) is 3.68. The standard InChI is InChI=1S/C23H34N2O4/c1-8-28-18-11-10-16(13-19(18)29-9-2)24-20(26)14-25(7)22(27)21-17(12-15(3)4)23(21,5)6/h10-13,17,21H,8-9,14H2,1-7H3,(H,24,26). The molecule has 6 nitrogen and oxygen atoms in total. The molecule has 0 heterocycles. The Balaban J connectivity index is 1.99. The zero-order chi connectivity index (χ0) is 21.8. The summed E-state index contributed by atoms with van der Waals surface area (Å²) in [5.74, 6) is 1.14. The van der Waals surface area contributed by atoms with Crippen molar-refractivity contribution in [3.63, 3.8) is 0 Å². The van der Waals surface area contributed by atoms with Crippen molar-refractivity contribution in [1.82, 2.24) is 4.90 Å². The molecule has 0 aliphatic heterocycles. The van der Waals surface area contributed by atoms with Crippen molar-refractivity contribution in [1.29, 1.82) is 0 Å². The molecule has 2 amide bonds. The van der Waals surface area contributed by atoms with Crippen LogP contribution in [-0.2, 0) is 9.59 Å². The van der Waals surface area contributed by atoms with Crippen LogP contribution in [0.3, 0.4) is 0 Å². The predicted octanol–water partition coefficient (Wildman–Crippen LogP) is 4.12. The Kier molecular flexibility index (Phi) is 7.33. The van der Waals surface area contributed by atoms with E-state index in [1.807, 2.05) is 27.7 Å². The van der Waals surface area contributed by atoms with E-state index in [0.29, 0.717) is 30.4 Å². The highest BCUT2D eigenvalue weighted by molar-refractivity contribution is 5.95. The summed E-state index contributed by atoms with van der Waals surface area (Å²) >= 11 is 0. The number of amides is 2. The molecule has 29 heavy (non-hydrogen) atoms. The zero-order valence-corrected chi connectivity index (χ0v) is 18.7. The summed E-state index contributed by atoms with van der Waals surface area (Å²) in [7, 11) is 1.68. The zero-order valence-electron chi connectivity index (χ0n) is 18.7. The van der Waals surface area contributed by atoms with Crippen LogP contribution in [0, 0.1) is 17.3 Å². The van der Waals surface area contributed by atoms with Gasteiger partial charge in [-0.15, -0.1) is 0 Å². The van der Waals surface area contributed by atoms with Crippen LogP contribution >= 0.6 is 0 Å². The van der Waals surface area contributed by atoms with Gasteiger partial charge in [-0.25, -0.2) is 0 Å². The fraction of sp³-hybridized carbons (Fsp3) is 0.565. The molecule has 6 heteroatoms. The number of carbonyl (C=O) groups is 2. The van der Waals surface area contributed by atoms with Gasteiger partial charge in [-0.2, -0.15) is 0 Å². The molecular weight excluding hydrogens is 368 g/mol. The molecule has 1 aliphatic carbocycles. The molecule has 0 saturated heterocycles. The molecule has 0 aromatic heterocycles. The Morgan fingerprint density at radius 2 is 1.76 bits per heavy atom. The Bertz CT molecular complexity index is 781. The lowest BCUT2D eigenvalue weighted by Crippen LogP contribution is -2.36. The predicted molar refractivity (Wildman–Crippen MR) is 115 cm³/mol. The minimum absolute atomic E-state index is 0.00410. The minimum atomic E-state index is -0.246. The third-order valence-corrected chi connectivity index (χ3v) is 5.27. The SMILES string of the molecule is CCOc1ccc(NC(=O)CN(C)C(=O)C2C(C=C(C)C)C2(C)C)cc1OCC. The fourth-order valence-electron chi connectivity index (χ4n) is 3.68. The molecule has 160 valence electrons. The van der Waals surface area contributed by atoms with Gasteiger partial charge >= 0.3 is 0 Å². The number of anilines is 1. The molecule has 2 rings (SSSR count). The molecule has 2 unspecified atom stereocenters. The number of ether oxygens (including phenoxy) is 2. The summed E-state index contributed by atoms with van der Waals surface area (Å²) in [6, 6.07) is 5.28. The normalized spacial score (nSPS) is 19.1. The second-order valence-corrected chi connectivity index (χ2v) is 8.34. The maximum absolute atomic E-state index is 12.8. The Labute approximate surface area is 174 Å². The number of hydrogen-bond donors (Lipinski definition) is 1. The van der Waals surface area contributed by atoms with Gasteiger partial charge in [0.25, 0.3) is 0 Å². The summed E-state index contributed by atoms with van der Waals surface area (Å²) in [6.07, 6.45) is 2.16. The molecule has 1 N–H and O–H groups in total. The molecule has 1 saturated carbocycles. The van der Waals surface area contributed by atoms with E-state index in [0.717, 1.165) is 0 Å². The first-order chi connectivity index (χ1) is 13.6. The number of nitrogens with zero attached hydrogens (tertiary/aromatic N) is 1. The average molecular weight is 403 g/mol. The van der Waals surface area contributed by atoms with E-state index in [1.54, 1.807) is 25.2 Å². The van der Waals surface area contributed by atoms with Crippen LogP contribution < -0.4 is 14.8 Å². The lowest BCUT2D eigenvalue weighted by atomic mass is 10.1. The molecule has 2 atom stereocenters. The number of hydrogen-bond acceptors (Lipinski definition) is 4. The summed E-state index contributed by atoms with van der Waals surface area (Å²) in [5.41, 5.74) is 1.75. The molecule has 1 aromatic rings. The highest BCUT2D eigenvalue weighted by Gasteiger charge is 2.61. The van der Waals surface area contributed by atoms with Crippen LogP contribution in [0.25, 0.3) is 0 Å². The maximum Gasteiger partial charge on any atom is 0.243 e. The largest absolute Gasteiger partial charge is 0.490 e. The Morgan fingerprint density at radius 1 is 1.14 bits per heavy atom. The van der Waals surface area contributed by atoms with Gasteiger partial charge in [-0.1, -0.05) is 25.5 Å². The Hall–Kier alpha value is -2.50. The molecule has 1 aromatic carbocycles. The number of rotatable bonds is 9. The van der Waals surface area contributed by atoms with Crippen LogP contribution in [0.1, 0.15) is 41.5 Å². The molecular formula is C23H34N2O4. The molecule has 0 spiro atoms. The van der Waals surface area contributed by atoms with E-state index in [2.05, 4.69) is 25.2 Å². The van der Waals surface area contributed by atoms with Crippen LogP contribution in [0.2, 0.25) is 0 Å². The van der Waals surface area contributed by atoms with Gasteiger partial charge in [0.15, 0.2) is 11.5 Å². The van der Waals surface area contributed by atoms with Gasteiger partial charge in [0.2, 0.25) is 11.8 Å². The van der Waals surface area contributed by atoms with Crippen molar-refractivity contribution in [3.05, 3.63) is 29.8 Å². The first kappa shape index (κ1) is 22.8. The van der Waals surface area contributed by atoms with E-state index in [4.69, 9.17) is 9.47 Å². The van der Waals surface area contributed by atoms with E-state index < -0.39 is 0 Å². The van der Waals surface area contributed by atoms with Crippen molar-refractivity contribution < 1.29 is 19.1 Å². The van der Waals surface area contributed by atoms with E-state index >= 15 is 0 Å². The highest BCUT2D eigenvalue weighted by Crippen LogP contribution is 2.59. The number of benzene rings is 1. The third kappa shape index (κ3) is 5.52. The number of nitrogens with one attached hydrogen (secondary N) is 1. The second kappa shape index (κ2) is 9.33. The molecule has 0 bridgehead atoms. The van der Waals surface area contributed by atoms with Crippen molar-refractivity contribution in [2.75, 3.05) is 32.1 Å². The summed E-state index contributed by atoms with van der Waals surface area (Å²) in [6.45, 7) is 13.1. The van der Waals surface area contributed by atoms with Crippen molar-refractivity contribution in [3.8, 4) is 11.5 Å². The Morgan fingerprint density at radius 3 is 2.34 bits per heavy atom. The summed E-state index contributed by atoms with van der Waals surface area (Å²) in [4.78, 5) is 26.8. The van der Waals surface area contributed by atoms with Gasteiger partial charge in [0.05, 0.1) is 25.7 Å². The van der Waals surface area contributed by atoms with Crippen LogP contribution in [0.5, 0.6) is 11.5 Å². The van der Waals surface area contributed by atoms with E-state index in [-0.39, 0.29) is 35.6 Å². The second-order valence-electron chi connectivity index (χ2n) is 8.34. The summed E-state index contributed by atoms with van der Waals surface area (Å²) < 4.78 is 11.1. The van der Waals surface area contributed by atoms with Crippen LogP contribution in [-0.4, -0.2) is 43.5 Å². The minimum Gasteiger partial charge on any atom is -0.490 e. The average Bonchev–Trinajstić information content (AvgIpc) is 3.15. The quantitative estimate of drug-likeness (QED) is 0.631. The van der Waals surface area contributed by atoms with E-state index in [1.165, 1.54) is 10.5 Å². The van der Waals surface area contributed by atoms with Gasteiger partial charge in [-0.3, -0.25) is 9.59 Å². The molecule has 1 fully saturated rings. The number of likely N-dealkylation sites (N-methyl/N-ethyl adjacent to an activating group) is 1. The van der Waals surface area contributed by atoms with Gasteiger partial charge in [-0.05, 0) is 51.2 Å². The monoisotopic (exact) mass is 402 g/mol. The van der Waals surface area contributed by atoms with Crippen molar-refractivity contribution >= 4 is 17.5 Å². The third-order valence-electron chi connectivity index (χ3n) is 5.27. The van der Waals surface area contributed by atoms with Gasteiger partial charge < -0.3 is 19.7 Å². The number of allylic oxidation sites excluding steroid dienone is 2. The maximum atomic E-state index is 12.8. The lowest BCUT2D eigenvalue weighted by Gasteiger charge is -2.18. The highest BCUT2D eigenvalue weighted by atomic mass is 16.5. The smallest absolute Gasteiger partial charge is 0.243 e. The van der Waals surface area contributed by atoms with Crippen LogP contribution in [0.4, 0.5) is 5.69 Å². The van der Waals surface area contributed by atoms with Gasteiger partial charge in [0, 0.05) is 18.8 Å². The first-order valence-electron chi connectivity index (χ1n) is 10.2. The van der Waals surface area contributed by atoms with Crippen LogP contribution in [0.15, 0.2) is 29.8 Å². The van der Waals surface area contributed by atoms with Crippen molar-refractivity contribution in [2.45, 2.75) is 41.5 Å². The molecule has 0 radical (unpaired) electrons. The first-order valence-corrected chi connectivity index (χ1v) is 10.2. The van der Waals surface area contributed by atoms with E-state index in [9.17, 15) is 9.59 Å². The van der Waals surface area contributed by atoms with Crippen molar-refractivity contribution in [2.24, 2.45) is 17.3 Å². The molecule has 1 aliphatic rings. The lowest BCUT2D eigenvalue weighted by molar-refractivity contribution is -0.135. The topological polar surface area (TPSA) is 67.9 Å². The summed E-state index contributed by atoms with van der Waals surface area (Å²) in [5, 5.41) is 2.84.